The molecule has 0 aromatic rings. The first-order chi connectivity index (χ1) is 4.93. The van der Waals surface area contributed by atoms with E-state index in [1.165, 1.54) is 19.3 Å². The second kappa shape index (κ2) is 4.88. The molecule has 2 nitrogen and oxygen atoms in total. The quantitative estimate of drug-likeness (QED) is 0.594. The zero-order valence-corrected chi connectivity index (χ0v) is 8.14. The van der Waals surface area contributed by atoms with Gasteiger partial charge in [0.05, 0.1) is 5.73 Å². The zero-order chi connectivity index (χ0) is 7.23. The van der Waals surface area contributed by atoms with Crippen LogP contribution in [0.3, 0.4) is 0 Å². The summed E-state index contributed by atoms with van der Waals surface area (Å²) in [6.07, 6.45) is 3.96. The molecule has 1 rings (SSSR count). The lowest BCUT2D eigenvalue weighted by atomic mass is 10.2. The van der Waals surface area contributed by atoms with Crippen LogP contribution in [0.15, 0.2) is 0 Å². The molecule has 3 heteroatoms. The van der Waals surface area contributed by atoms with Gasteiger partial charge in [0.25, 0.3) is 0 Å². The van der Waals surface area contributed by atoms with Gasteiger partial charge in [0.1, 0.15) is 9.68 Å². The second-order valence-electron chi connectivity index (χ2n) is 2.80. The van der Waals surface area contributed by atoms with Gasteiger partial charge in [-0.15, -0.1) is 0 Å². The highest BCUT2D eigenvalue weighted by molar-refractivity contribution is 6.33. The van der Waals surface area contributed by atoms with Crippen molar-refractivity contribution in [3.05, 3.63) is 0 Å². The Bertz CT molecular complexity index is 83.7. The minimum atomic E-state index is -0.107. The standard InChI is InChI=1S/C7H17NOSi/c1-2-8-10-7-5-3-4-6-9-7/h7-8H,2-6,10H2,1H3. The second-order valence-corrected chi connectivity index (χ2v) is 4.62. The molecule has 1 saturated heterocycles. The van der Waals surface area contributed by atoms with Gasteiger partial charge < -0.3 is 9.72 Å². The molecule has 1 unspecified atom stereocenters. The van der Waals surface area contributed by atoms with Crippen molar-refractivity contribution < 1.29 is 4.74 Å². The maximum absolute atomic E-state index is 5.58. The van der Waals surface area contributed by atoms with Crippen molar-refractivity contribution in [2.24, 2.45) is 0 Å². The van der Waals surface area contributed by atoms with Crippen LogP contribution in [-0.4, -0.2) is 28.6 Å². The summed E-state index contributed by atoms with van der Waals surface area (Å²) in [6, 6.07) is 0. The van der Waals surface area contributed by atoms with Crippen LogP contribution in [0, 0.1) is 0 Å². The number of rotatable bonds is 3. The molecule has 0 radical (unpaired) electrons. The largest absolute Gasteiger partial charge is 0.381 e. The molecular formula is C7H17NOSi. The molecule has 0 aliphatic carbocycles. The smallest absolute Gasteiger partial charge is 0.124 e. The van der Waals surface area contributed by atoms with Crippen molar-refractivity contribution >= 4 is 9.68 Å². The Labute approximate surface area is 65.2 Å². The highest BCUT2D eigenvalue weighted by atomic mass is 28.2. The van der Waals surface area contributed by atoms with E-state index in [-0.39, 0.29) is 9.68 Å². The van der Waals surface area contributed by atoms with E-state index in [9.17, 15) is 0 Å². The summed E-state index contributed by atoms with van der Waals surface area (Å²) in [7, 11) is -0.107. The van der Waals surface area contributed by atoms with Crippen LogP contribution in [0.4, 0.5) is 0 Å². The van der Waals surface area contributed by atoms with Crippen LogP contribution >= 0.6 is 0 Å². The van der Waals surface area contributed by atoms with E-state index >= 15 is 0 Å². The summed E-state index contributed by atoms with van der Waals surface area (Å²) >= 11 is 0. The van der Waals surface area contributed by atoms with Crippen LogP contribution in [0.5, 0.6) is 0 Å². The zero-order valence-electron chi connectivity index (χ0n) is 6.73. The van der Waals surface area contributed by atoms with Crippen molar-refractivity contribution in [1.29, 1.82) is 0 Å². The molecule has 0 bridgehead atoms. The Morgan fingerprint density at radius 1 is 1.60 bits per heavy atom. The maximum Gasteiger partial charge on any atom is 0.124 e. The fraction of sp³-hybridized carbons (Fsp3) is 1.00. The molecule has 1 heterocycles. The van der Waals surface area contributed by atoms with Crippen molar-refractivity contribution in [1.82, 2.24) is 4.98 Å². The number of nitrogens with one attached hydrogen (secondary N) is 1. The average Bonchev–Trinajstić information content (AvgIpc) is 2.03. The molecule has 60 valence electrons. The summed E-state index contributed by atoms with van der Waals surface area (Å²) in [5, 5.41) is 0. The van der Waals surface area contributed by atoms with Crippen molar-refractivity contribution in [2.75, 3.05) is 13.2 Å². The average molecular weight is 159 g/mol. The fourth-order valence-electron chi connectivity index (χ4n) is 1.27. The molecule has 0 amide bonds. The van der Waals surface area contributed by atoms with Crippen LogP contribution in [0.2, 0.25) is 0 Å². The van der Waals surface area contributed by atoms with E-state index < -0.39 is 0 Å². The Kier molecular flexibility index (Phi) is 4.02. The highest BCUT2D eigenvalue weighted by Gasteiger charge is 2.12. The minimum Gasteiger partial charge on any atom is -0.381 e. The monoisotopic (exact) mass is 159 g/mol. The van der Waals surface area contributed by atoms with Crippen molar-refractivity contribution in [3.63, 3.8) is 0 Å². The van der Waals surface area contributed by atoms with Crippen molar-refractivity contribution in [3.8, 4) is 0 Å². The molecule has 0 aromatic carbocycles. The van der Waals surface area contributed by atoms with E-state index in [0.29, 0.717) is 5.73 Å². The molecular weight excluding hydrogens is 142 g/mol. The van der Waals surface area contributed by atoms with Crippen LogP contribution in [0.1, 0.15) is 26.2 Å². The summed E-state index contributed by atoms with van der Waals surface area (Å²) < 4.78 is 5.58. The fourth-order valence-corrected chi connectivity index (χ4v) is 2.66. The molecule has 1 aliphatic rings. The van der Waals surface area contributed by atoms with Crippen LogP contribution in [0.25, 0.3) is 0 Å². The lowest BCUT2D eigenvalue weighted by molar-refractivity contribution is 0.0642. The summed E-state index contributed by atoms with van der Waals surface area (Å²) in [5.41, 5.74) is 0.633. The normalized spacial score (nSPS) is 27.9. The van der Waals surface area contributed by atoms with E-state index in [1.54, 1.807) is 0 Å². The number of hydrogen-bond donors (Lipinski definition) is 1. The van der Waals surface area contributed by atoms with Gasteiger partial charge in [-0.3, -0.25) is 0 Å². The van der Waals surface area contributed by atoms with Gasteiger partial charge in [0.15, 0.2) is 0 Å². The molecule has 10 heavy (non-hydrogen) atoms. The highest BCUT2D eigenvalue weighted by Crippen LogP contribution is 2.10. The maximum atomic E-state index is 5.58. The lowest BCUT2D eigenvalue weighted by Crippen LogP contribution is -2.35. The van der Waals surface area contributed by atoms with E-state index in [4.69, 9.17) is 4.74 Å². The first-order valence-corrected chi connectivity index (χ1v) is 5.78. The minimum absolute atomic E-state index is 0.107. The predicted octanol–water partition coefficient (Wildman–Crippen LogP) is 0.206. The Morgan fingerprint density at radius 3 is 3.10 bits per heavy atom. The number of hydrogen-bond acceptors (Lipinski definition) is 2. The van der Waals surface area contributed by atoms with Crippen molar-refractivity contribution in [2.45, 2.75) is 31.9 Å². The molecule has 1 N–H and O–H groups in total. The number of ether oxygens (including phenoxy) is 1. The third kappa shape index (κ3) is 2.81. The first-order valence-electron chi connectivity index (χ1n) is 4.26. The van der Waals surface area contributed by atoms with Crippen LogP contribution < -0.4 is 4.98 Å². The Morgan fingerprint density at radius 2 is 2.50 bits per heavy atom. The van der Waals surface area contributed by atoms with E-state index in [2.05, 4.69) is 11.9 Å². The summed E-state index contributed by atoms with van der Waals surface area (Å²) in [6.45, 7) is 4.28. The Balaban J connectivity index is 2.02. The molecule has 1 fully saturated rings. The molecule has 0 aromatic heterocycles. The third-order valence-corrected chi connectivity index (χ3v) is 3.78. The van der Waals surface area contributed by atoms with Crippen LogP contribution in [-0.2, 0) is 4.74 Å². The predicted molar refractivity (Wildman–Crippen MR) is 45.8 cm³/mol. The van der Waals surface area contributed by atoms with Gasteiger partial charge in [0.2, 0.25) is 0 Å². The molecule has 0 saturated carbocycles. The van der Waals surface area contributed by atoms with Gasteiger partial charge in [-0.05, 0) is 25.8 Å². The van der Waals surface area contributed by atoms with Gasteiger partial charge in [-0.1, -0.05) is 6.92 Å². The SMILES string of the molecule is CCN[SiH2]C1CCCCO1. The lowest BCUT2D eigenvalue weighted by Gasteiger charge is -2.21. The molecule has 0 spiro atoms. The van der Waals surface area contributed by atoms with E-state index in [1.807, 2.05) is 0 Å². The summed E-state index contributed by atoms with van der Waals surface area (Å²) in [5.74, 6) is 0. The topological polar surface area (TPSA) is 21.3 Å². The third-order valence-electron chi connectivity index (χ3n) is 1.90. The van der Waals surface area contributed by atoms with Gasteiger partial charge in [0, 0.05) is 6.61 Å². The Hall–Kier alpha value is 0.137. The van der Waals surface area contributed by atoms with Gasteiger partial charge in [-0.2, -0.15) is 0 Å². The summed E-state index contributed by atoms with van der Waals surface area (Å²) in [4.78, 5) is 3.43. The van der Waals surface area contributed by atoms with Gasteiger partial charge >= 0.3 is 0 Å². The van der Waals surface area contributed by atoms with Gasteiger partial charge in [-0.25, -0.2) is 0 Å². The molecule has 1 atom stereocenters. The van der Waals surface area contributed by atoms with E-state index in [0.717, 1.165) is 13.2 Å². The molecule has 1 aliphatic heterocycles. The first kappa shape index (κ1) is 8.24.